The number of hydrogen-bond acceptors (Lipinski definition) is 2. The normalized spacial score (nSPS) is 10.3. The zero-order valence-electron chi connectivity index (χ0n) is 5.58. The minimum Gasteiger partial charge on any atom is -0.236 e. The average molecular weight is 147 g/mol. The number of halogens is 1. The van der Waals surface area contributed by atoms with E-state index in [0.717, 1.165) is 0 Å². The van der Waals surface area contributed by atoms with E-state index in [2.05, 4.69) is 16.2 Å². The molecule has 1 aromatic heterocycles. The first-order valence-electron chi connectivity index (χ1n) is 3.14. The van der Waals surface area contributed by atoms with Crippen LogP contribution < -0.4 is 0 Å². The lowest BCUT2D eigenvalue weighted by atomic mass is 10.2. The molecule has 0 aliphatic rings. The third-order valence-corrected chi connectivity index (χ3v) is 1.40. The molecule has 3 heteroatoms. The first-order chi connectivity index (χ1) is 5.36. The molecule has 53 valence electrons. The summed E-state index contributed by atoms with van der Waals surface area (Å²) in [5.74, 6) is -0.288. The first-order valence-corrected chi connectivity index (χ1v) is 3.14. The van der Waals surface area contributed by atoms with Crippen molar-refractivity contribution in [3.8, 4) is 0 Å². The summed E-state index contributed by atoms with van der Waals surface area (Å²) in [6.07, 6.45) is 4.03. The average Bonchev–Trinajstić information content (AvgIpc) is 2.04. The molecule has 2 rings (SSSR count). The van der Waals surface area contributed by atoms with Gasteiger partial charge >= 0.3 is 0 Å². The van der Waals surface area contributed by atoms with Gasteiger partial charge in [-0.05, 0) is 18.2 Å². The van der Waals surface area contributed by atoms with Gasteiger partial charge in [-0.1, -0.05) is 0 Å². The van der Waals surface area contributed by atoms with E-state index in [1.54, 1.807) is 6.07 Å². The molecule has 2 nitrogen and oxygen atoms in total. The van der Waals surface area contributed by atoms with Crippen LogP contribution >= 0.6 is 0 Å². The fourth-order valence-corrected chi connectivity index (χ4v) is 0.900. The van der Waals surface area contributed by atoms with Gasteiger partial charge in [0.2, 0.25) is 0 Å². The molecule has 0 spiro atoms. The molecular weight excluding hydrogens is 143 g/mol. The van der Waals surface area contributed by atoms with Crippen LogP contribution in [0, 0.1) is 12.0 Å². The van der Waals surface area contributed by atoms with E-state index in [9.17, 15) is 4.39 Å². The summed E-state index contributed by atoms with van der Waals surface area (Å²) in [5, 5.41) is 0.604. The van der Waals surface area contributed by atoms with Crippen LogP contribution in [0.4, 0.5) is 4.39 Å². The Morgan fingerprint density at radius 1 is 1.36 bits per heavy atom. The van der Waals surface area contributed by atoms with E-state index in [0.29, 0.717) is 10.9 Å². The van der Waals surface area contributed by atoms with Crippen molar-refractivity contribution in [1.29, 1.82) is 0 Å². The van der Waals surface area contributed by atoms with Crippen LogP contribution in [0.1, 0.15) is 0 Å². The zero-order chi connectivity index (χ0) is 7.68. The van der Waals surface area contributed by atoms with Crippen LogP contribution in [0.3, 0.4) is 0 Å². The van der Waals surface area contributed by atoms with E-state index in [1.807, 2.05) is 0 Å². The summed E-state index contributed by atoms with van der Waals surface area (Å²) in [6, 6.07) is 4.32. The molecule has 0 bridgehead atoms. The highest BCUT2D eigenvalue weighted by Gasteiger charge is 1.94. The summed E-state index contributed by atoms with van der Waals surface area (Å²) >= 11 is 0. The Kier molecular flexibility index (Phi) is 1.28. The highest BCUT2D eigenvalue weighted by molar-refractivity contribution is 5.76. The van der Waals surface area contributed by atoms with Gasteiger partial charge in [-0.25, -0.2) is 14.4 Å². The Morgan fingerprint density at radius 3 is 3.18 bits per heavy atom. The van der Waals surface area contributed by atoms with Crippen molar-refractivity contribution in [3.05, 3.63) is 36.5 Å². The molecule has 1 heterocycles. The van der Waals surface area contributed by atoms with Gasteiger partial charge < -0.3 is 0 Å². The van der Waals surface area contributed by atoms with E-state index in [1.165, 1.54) is 18.5 Å². The quantitative estimate of drug-likeness (QED) is 0.565. The van der Waals surface area contributed by atoms with E-state index >= 15 is 0 Å². The van der Waals surface area contributed by atoms with Crippen molar-refractivity contribution in [2.45, 2.75) is 0 Å². The smallest absolute Gasteiger partial charge is 0.124 e. The molecule has 0 saturated heterocycles. The highest BCUT2D eigenvalue weighted by atomic mass is 19.1. The van der Waals surface area contributed by atoms with Gasteiger partial charge in [-0.3, -0.25) is 0 Å². The van der Waals surface area contributed by atoms with Gasteiger partial charge in [-0.15, -0.1) is 0 Å². The maximum absolute atomic E-state index is 12.6. The van der Waals surface area contributed by atoms with Gasteiger partial charge in [-0.2, -0.15) is 0 Å². The van der Waals surface area contributed by atoms with E-state index in [-0.39, 0.29) is 5.82 Å². The lowest BCUT2D eigenvalue weighted by Gasteiger charge is -1.92. The number of nitrogens with zero attached hydrogens (tertiary/aromatic N) is 2. The summed E-state index contributed by atoms with van der Waals surface area (Å²) < 4.78 is 12.6. The fraction of sp³-hybridized carbons (Fsp3) is 0. The lowest BCUT2D eigenvalue weighted by Crippen LogP contribution is -1.81. The third kappa shape index (κ3) is 1.05. The molecule has 2 aromatic rings. The van der Waals surface area contributed by atoms with Crippen molar-refractivity contribution in [3.63, 3.8) is 0 Å². The van der Waals surface area contributed by atoms with Crippen molar-refractivity contribution in [1.82, 2.24) is 9.97 Å². The Labute approximate surface area is 62.7 Å². The predicted octanol–water partition coefficient (Wildman–Crippen LogP) is 1.57. The second-order valence-corrected chi connectivity index (χ2v) is 2.15. The minimum atomic E-state index is -0.288. The van der Waals surface area contributed by atoms with Gasteiger partial charge in [0.15, 0.2) is 0 Å². The monoisotopic (exact) mass is 147 g/mol. The molecule has 1 radical (unpaired) electrons. The first kappa shape index (κ1) is 6.22. The van der Waals surface area contributed by atoms with Crippen LogP contribution in [0.5, 0.6) is 0 Å². The second-order valence-electron chi connectivity index (χ2n) is 2.15. The van der Waals surface area contributed by atoms with Crippen LogP contribution in [0.2, 0.25) is 0 Å². The summed E-state index contributed by atoms with van der Waals surface area (Å²) in [6.45, 7) is 0. The number of rotatable bonds is 0. The molecule has 0 atom stereocenters. The van der Waals surface area contributed by atoms with Gasteiger partial charge in [0.25, 0.3) is 0 Å². The Bertz CT molecular complexity index is 387. The zero-order valence-corrected chi connectivity index (χ0v) is 5.58. The third-order valence-electron chi connectivity index (χ3n) is 1.40. The topological polar surface area (TPSA) is 25.8 Å². The van der Waals surface area contributed by atoms with Crippen LogP contribution in [-0.4, -0.2) is 9.97 Å². The van der Waals surface area contributed by atoms with Crippen LogP contribution in [-0.2, 0) is 0 Å². The summed E-state index contributed by atoms with van der Waals surface area (Å²) in [5.41, 5.74) is 0.710. The maximum atomic E-state index is 12.6. The minimum absolute atomic E-state index is 0.288. The molecule has 1 aromatic carbocycles. The largest absolute Gasteiger partial charge is 0.236 e. The van der Waals surface area contributed by atoms with Crippen molar-refractivity contribution in [2.75, 3.05) is 0 Å². The number of benzene rings is 1. The molecule has 0 unspecified atom stereocenters. The number of aromatic nitrogens is 2. The summed E-state index contributed by atoms with van der Waals surface area (Å²) in [7, 11) is 0. The van der Waals surface area contributed by atoms with Crippen molar-refractivity contribution in [2.24, 2.45) is 0 Å². The molecule has 0 N–H and O–H groups in total. The van der Waals surface area contributed by atoms with Crippen molar-refractivity contribution >= 4 is 10.9 Å². The molecular formula is C8H4FN2. The number of hydrogen-bond donors (Lipinski definition) is 0. The van der Waals surface area contributed by atoms with E-state index in [4.69, 9.17) is 0 Å². The molecule has 0 saturated carbocycles. The van der Waals surface area contributed by atoms with E-state index < -0.39 is 0 Å². The maximum Gasteiger partial charge on any atom is 0.124 e. The van der Waals surface area contributed by atoms with Crippen LogP contribution in [0.15, 0.2) is 24.5 Å². The predicted molar refractivity (Wildman–Crippen MR) is 38.3 cm³/mol. The molecule has 0 aliphatic heterocycles. The van der Waals surface area contributed by atoms with Crippen LogP contribution in [0.25, 0.3) is 10.9 Å². The van der Waals surface area contributed by atoms with Gasteiger partial charge in [0.05, 0.1) is 5.52 Å². The summed E-state index contributed by atoms with van der Waals surface area (Å²) in [4.78, 5) is 7.56. The van der Waals surface area contributed by atoms with Crippen molar-refractivity contribution < 1.29 is 4.39 Å². The number of fused-ring (bicyclic) bond motifs is 1. The lowest BCUT2D eigenvalue weighted by molar-refractivity contribution is 0.629. The molecule has 0 amide bonds. The Hall–Kier alpha value is -1.51. The molecule has 0 fully saturated rings. The van der Waals surface area contributed by atoms with Gasteiger partial charge in [0, 0.05) is 5.39 Å². The molecule has 11 heavy (non-hydrogen) atoms. The Morgan fingerprint density at radius 2 is 2.27 bits per heavy atom. The Balaban J connectivity index is 2.83. The standard InChI is InChI=1S/C8H4FN2/c9-7-1-2-8-6(3-7)4-10-5-11-8/h1-3,5H. The highest BCUT2D eigenvalue weighted by Crippen LogP contribution is 2.09. The van der Waals surface area contributed by atoms with Gasteiger partial charge in [0.1, 0.15) is 18.3 Å². The fourth-order valence-electron chi connectivity index (χ4n) is 0.900. The second kappa shape index (κ2) is 2.27. The SMILES string of the molecule is Fc1ccc2ncn[c]c2c1. The molecule has 0 aliphatic carbocycles.